The molecule has 1 aromatic rings. The molecule has 86 valence electrons. The third-order valence-electron chi connectivity index (χ3n) is 2.09. The molecule has 0 heterocycles. The van der Waals surface area contributed by atoms with Crippen molar-refractivity contribution in [2.24, 2.45) is 0 Å². The van der Waals surface area contributed by atoms with Gasteiger partial charge in [-0.05, 0) is 31.9 Å². The molecule has 3 heteroatoms. The van der Waals surface area contributed by atoms with Gasteiger partial charge in [0.25, 0.3) is 0 Å². The Kier molecular flexibility index (Phi) is 4.58. The molecule has 1 aromatic carbocycles. The topological polar surface area (TPSA) is 35.5 Å². The van der Waals surface area contributed by atoms with Gasteiger partial charge >= 0.3 is 5.97 Å². The number of benzene rings is 1. The number of carbonyl (C=O) groups is 1. The van der Waals surface area contributed by atoms with E-state index in [2.05, 4.69) is 0 Å². The predicted molar refractivity (Wildman–Crippen MR) is 62.3 cm³/mol. The monoisotopic (exact) mass is 220 g/mol. The summed E-state index contributed by atoms with van der Waals surface area (Å²) in [5.74, 6) is 0.386. The Balaban J connectivity index is 2.64. The van der Waals surface area contributed by atoms with Gasteiger partial charge in [-0.1, -0.05) is 18.2 Å². The fraction of sp³-hybridized carbons (Fsp3) is 0.308. The van der Waals surface area contributed by atoms with Gasteiger partial charge in [0.2, 0.25) is 0 Å². The lowest BCUT2D eigenvalue weighted by Crippen LogP contribution is -2.00. The second-order valence-corrected chi connectivity index (χ2v) is 3.39. The molecule has 16 heavy (non-hydrogen) atoms. The molecular weight excluding hydrogens is 204 g/mol. The summed E-state index contributed by atoms with van der Waals surface area (Å²) >= 11 is 0. The lowest BCUT2D eigenvalue weighted by atomic mass is 10.1. The Morgan fingerprint density at radius 3 is 2.50 bits per heavy atom. The van der Waals surface area contributed by atoms with Crippen LogP contribution in [0.25, 0.3) is 0 Å². The fourth-order valence-corrected chi connectivity index (χ4v) is 1.33. The van der Waals surface area contributed by atoms with Crippen LogP contribution < -0.4 is 4.74 Å². The second kappa shape index (κ2) is 5.95. The number of aryl methyl sites for hydroxylation is 2. The van der Waals surface area contributed by atoms with Crippen LogP contribution in [-0.4, -0.2) is 12.6 Å². The van der Waals surface area contributed by atoms with E-state index in [0.29, 0.717) is 6.61 Å². The van der Waals surface area contributed by atoms with Crippen LogP contribution in [0, 0.1) is 13.8 Å². The molecule has 0 fully saturated rings. The van der Waals surface area contributed by atoms with Crippen LogP contribution in [0.5, 0.6) is 5.75 Å². The zero-order chi connectivity index (χ0) is 12.0. The molecule has 0 spiro atoms. The molecule has 0 bridgehead atoms. The Morgan fingerprint density at radius 2 is 1.94 bits per heavy atom. The minimum atomic E-state index is -0.395. The smallest absolute Gasteiger partial charge is 0.333 e. The maximum absolute atomic E-state index is 11.0. The average molecular weight is 220 g/mol. The first-order valence-electron chi connectivity index (χ1n) is 5.21. The van der Waals surface area contributed by atoms with Crippen molar-refractivity contribution < 1.29 is 14.3 Å². The third kappa shape index (κ3) is 3.42. The Morgan fingerprint density at radius 1 is 1.31 bits per heavy atom. The minimum Gasteiger partial charge on any atom is -0.464 e. The van der Waals surface area contributed by atoms with Crippen molar-refractivity contribution in [1.82, 2.24) is 0 Å². The first-order valence-corrected chi connectivity index (χ1v) is 5.21. The molecule has 0 aliphatic heterocycles. The van der Waals surface area contributed by atoms with Crippen LogP contribution in [0.15, 0.2) is 30.5 Å². The molecular formula is C13H16O3. The molecule has 0 aromatic heterocycles. The molecule has 3 nitrogen and oxygen atoms in total. The number of rotatable bonds is 4. The lowest BCUT2D eigenvalue weighted by Gasteiger charge is -2.07. The van der Waals surface area contributed by atoms with Gasteiger partial charge in [-0.15, -0.1) is 0 Å². The third-order valence-corrected chi connectivity index (χ3v) is 2.09. The van der Waals surface area contributed by atoms with E-state index in [-0.39, 0.29) is 0 Å². The van der Waals surface area contributed by atoms with Gasteiger partial charge in [-0.2, -0.15) is 0 Å². The summed E-state index contributed by atoms with van der Waals surface area (Å²) in [5.41, 5.74) is 2.07. The largest absolute Gasteiger partial charge is 0.464 e. The molecule has 0 aliphatic carbocycles. The highest BCUT2D eigenvalue weighted by atomic mass is 16.5. The van der Waals surface area contributed by atoms with Gasteiger partial charge in [-0.3, -0.25) is 0 Å². The Bertz CT molecular complexity index is 374. The van der Waals surface area contributed by atoms with E-state index >= 15 is 0 Å². The number of hydrogen-bond donors (Lipinski definition) is 0. The van der Waals surface area contributed by atoms with Crippen LogP contribution in [0.3, 0.4) is 0 Å². The first-order chi connectivity index (χ1) is 7.65. The summed E-state index contributed by atoms with van der Waals surface area (Å²) in [7, 11) is 0. The molecule has 0 N–H and O–H groups in total. The fourth-order valence-electron chi connectivity index (χ4n) is 1.33. The molecule has 0 saturated heterocycles. The van der Waals surface area contributed by atoms with Crippen LogP contribution in [0.4, 0.5) is 0 Å². The number of para-hydroxylation sites is 1. The molecule has 0 aliphatic rings. The van der Waals surface area contributed by atoms with Crippen LogP contribution >= 0.6 is 0 Å². The van der Waals surface area contributed by atoms with E-state index in [1.165, 1.54) is 12.3 Å². The van der Waals surface area contributed by atoms with Crippen LogP contribution in [0.2, 0.25) is 0 Å². The van der Waals surface area contributed by atoms with Crippen LogP contribution in [0.1, 0.15) is 18.1 Å². The van der Waals surface area contributed by atoms with E-state index in [0.717, 1.165) is 16.9 Å². The molecule has 0 atom stereocenters. The normalized spacial score (nSPS) is 10.4. The van der Waals surface area contributed by atoms with Gasteiger partial charge in [0.1, 0.15) is 5.75 Å². The van der Waals surface area contributed by atoms with Crippen molar-refractivity contribution in [3.63, 3.8) is 0 Å². The lowest BCUT2D eigenvalue weighted by molar-refractivity contribution is -0.137. The Hall–Kier alpha value is -1.77. The zero-order valence-corrected chi connectivity index (χ0v) is 9.82. The predicted octanol–water partition coefficient (Wildman–Crippen LogP) is 2.76. The van der Waals surface area contributed by atoms with E-state index in [4.69, 9.17) is 9.47 Å². The van der Waals surface area contributed by atoms with Crippen LogP contribution in [-0.2, 0) is 9.53 Å². The summed E-state index contributed by atoms with van der Waals surface area (Å²) < 4.78 is 10.1. The van der Waals surface area contributed by atoms with E-state index < -0.39 is 5.97 Å². The summed E-state index contributed by atoms with van der Waals surface area (Å²) in [5, 5.41) is 0. The van der Waals surface area contributed by atoms with Gasteiger partial charge in [0, 0.05) is 0 Å². The zero-order valence-electron chi connectivity index (χ0n) is 9.82. The summed E-state index contributed by atoms with van der Waals surface area (Å²) in [6.45, 7) is 6.05. The van der Waals surface area contributed by atoms with Gasteiger partial charge < -0.3 is 9.47 Å². The number of esters is 1. The number of carbonyl (C=O) groups excluding carboxylic acids is 1. The molecule has 0 radical (unpaired) electrons. The highest BCUT2D eigenvalue weighted by Gasteiger charge is 2.01. The van der Waals surface area contributed by atoms with Crippen molar-refractivity contribution in [2.45, 2.75) is 20.8 Å². The van der Waals surface area contributed by atoms with E-state index in [1.54, 1.807) is 6.92 Å². The second-order valence-electron chi connectivity index (χ2n) is 3.39. The van der Waals surface area contributed by atoms with E-state index in [1.807, 2.05) is 32.0 Å². The molecule has 0 unspecified atom stereocenters. The number of hydrogen-bond acceptors (Lipinski definition) is 3. The van der Waals surface area contributed by atoms with Crippen molar-refractivity contribution in [2.75, 3.05) is 6.61 Å². The minimum absolute atomic E-state index is 0.368. The first kappa shape index (κ1) is 12.3. The molecule has 0 saturated carbocycles. The maximum Gasteiger partial charge on any atom is 0.333 e. The highest BCUT2D eigenvalue weighted by molar-refractivity contribution is 5.81. The van der Waals surface area contributed by atoms with Gasteiger partial charge in [0.15, 0.2) is 0 Å². The van der Waals surface area contributed by atoms with Gasteiger partial charge in [-0.25, -0.2) is 4.79 Å². The van der Waals surface area contributed by atoms with Crippen molar-refractivity contribution in [3.05, 3.63) is 41.7 Å². The van der Waals surface area contributed by atoms with E-state index in [9.17, 15) is 4.79 Å². The Labute approximate surface area is 95.7 Å². The van der Waals surface area contributed by atoms with Crippen molar-refractivity contribution >= 4 is 5.97 Å². The summed E-state index contributed by atoms with van der Waals surface area (Å²) in [4.78, 5) is 11.0. The maximum atomic E-state index is 11.0. The average Bonchev–Trinajstić information content (AvgIpc) is 2.23. The van der Waals surface area contributed by atoms with Crippen molar-refractivity contribution in [3.8, 4) is 5.75 Å². The molecule has 1 rings (SSSR count). The SMILES string of the molecule is CCOC(=O)C=COc1c(C)cccc1C. The number of ether oxygens (including phenoxy) is 2. The summed E-state index contributed by atoms with van der Waals surface area (Å²) in [6.07, 6.45) is 2.63. The highest BCUT2D eigenvalue weighted by Crippen LogP contribution is 2.22. The summed E-state index contributed by atoms with van der Waals surface area (Å²) in [6, 6.07) is 5.88. The molecule has 0 amide bonds. The quantitative estimate of drug-likeness (QED) is 0.444. The standard InChI is InChI=1S/C13H16O3/c1-4-15-12(14)8-9-16-13-10(2)6-5-7-11(13)3/h5-9H,4H2,1-3H3. The van der Waals surface area contributed by atoms with Crippen molar-refractivity contribution in [1.29, 1.82) is 0 Å². The van der Waals surface area contributed by atoms with Gasteiger partial charge in [0.05, 0.1) is 18.9 Å².